The molecule has 0 saturated carbocycles. The third-order valence-electron chi connectivity index (χ3n) is 2.93. The van der Waals surface area contributed by atoms with Crippen molar-refractivity contribution in [1.82, 2.24) is 15.1 Å². The molecule has 3 heterocycles. The molecule has 1 aliphatic rings. The Morgan fingerprint density at radius 3 is 3.11 bits per heavy atom. The molecule has 1 atom stereocenters. The van der Waals surface area contributed by atoms with Crippen LogP contribution >= 0.6 is 27.3 Å². The summed E-state index contributed by atoms with van der Waals surface area (Å²) in [7, 11) is 0. The molecule has 1 fully saturated rings. The van der Waals surface area contributed by atoms with E-state index in [1.165, 1.54) is 0 Å². The largest absolute Gasteiger partial charge is 0.419 e. The Kier molecular flexibility index (Phi) is 3.97. The Morgan fingerprint density at radius 2 is 2.37 bits per heavy atom. The summed E-state index contributed by atoms with van der Waals surface area (Å²) < 4.78 is 12.3. The highest BCUT2D eigenvalue weighted by Crippen LogP contribution is 2.30. The van der Waals surface area contributed by atoms with Gasteiger partial charge >= 0.3 is 0 Å². The normalized spacial score (nSPS) is 20.8. The summed E-state index contributed by atoms with van der Waals surface area (Å²) in [6.07, 6.45) is 0.268. The third kappa shape index (κ3) is 3.22. The van der Waals surface area contributed by atoms with Crippen LogP contribution in [0.25, 0.3) is 10.8 Å². The lowest BCUT2D eigenvalue weighted by Crippen LogP contribution is -2.40. The zero-order valence-electron chi connectivity index (χ0n) is 10.5. The summed E-state index contributed by atoms with van der Waals surface area (Å²) in [5, 5.41) is 8.21. The lowest BCUT2D eigenvalue weighted by Gasteiger charge is -2.29. The van der Waals surface area contributed by atoms with Gasteiger partial charge in [0.1, 0.15) is 0 Å². The predicted molar refractivity (Wildman–Crippen MR) is 76.0 cm³/mol. The van der Waals surface area contributed by atoms with Crippen LogP contribution in [0.3, 0.4) is 0 Å². The summed E-state index contributed by atoms with van der Waals surface area (Å²) in [6, 6.07) is 3.95. The van der Waals surface area contributed by atoms with Gasteiger partial charge in [-0.25, -0.2) is 0 Å². The van der Waals surface area contributed by atoms with Crippen molar-refractivity contribution >= 4 is 27.3 Å². The first kappa shape index (κ1) is 13.2. The summed E-state index contributed by atoms with van der Waals surface area (Å²) in [5.74, 6) is 1.25. The molecule has 0 spiro atoms. The minimum absolute atomic E-state index is 0.268. The van der Waals surface area contributed by atoms with Crippen molar-refractivity contribution in [1.29, 1.82) is 0 Å². The number of morpholine rings is 1. The highest BCUT2D eigenvalue weighted by Gasteiger charge is 2.19. The Bertz CT molecular complexity index is 557. The number of hydrogen-bond donors (Lipinski definition) is 0. The fourth-order valence-electron chi connectivity index (χ4n) is 2.07. The molecule has 3 rings (SSSR count). The van der Waals surface area contributed by atoms with Crippen molar-refractivity contribution in [3.63, 3.8) is 0 Å². The van der Waals surface area contributed by atoms with Crippen molar-refractivity contribution in [2.45, 2.75) is 19.6 Å². The Morgan fingerprint density at radius 1 is 1.47 bits per heavy atom. The van der Waals surface area contributed by atoms with E-state index in [4.69, 9.17) is 9.15 Å². The first-order chi connectivity index (χ1) is 9.20. The van der Waals surface area contributed by atoms with E-state index >= 15 is 0 Å². The standard InChI is InChI=1S/C12H14BrN3O2S/c1-8-6-16(4-5-17-8)7-11-14-15-12(18-11)9-2-3-10(13)19-9/h2-3,8H,4-7H2,1H3. The molecule has 0 bridgehead atoms. The van der Waals surface area contributed by atoms with Gasteiger partial charge in [-0.15, -0.1) is 21.5 Å². The van der Waals surface area contributed by atoms with Crippen LogP contribution in [0.5, 0.6) is 0 Å². The number of ether oxygens (including phenoxy) is 1. The van der Waals surface area contributed by atoms with E-state index in [9.17, 15) is 0 Å². The second-order valence-corrected chi connectivity index (χ2v) is 6.98. The van der Waals surface area contributed by atoms with Crippen molar-refractivity contribution in [2.75, 3.05) is 19.7 Å². The molecule has 0 N–H and O–H groups in total. The molecule has 19 heavy (non-hydrogen) atoms. The highest BCUT2D eigenvalue weighted by atomic mass is 79.9. The zero-order chi connectivity index (χ0) is 13.2. The molecule has 0 amide bonds. The van der Waals surface area contributed by atoms with Crippen LogP contribution in [0.15, 0.2) is 20.3 Å². The van der Waals surface area contributed by atoms with E-state index < -0.39 is 0 Å². The van der Waals surface area contributed by atoms with Crippen LogP contribution in [-0.4, -0.2) is 40.9 Å². The average Bonchev–Trinajstić information content (AvgIpc) is 2.98. The fraction of sp³-hybridized carbons (Fsp3) is 0.500. The maximum Gasteiger partial charge on any atom is 0.257 e. The second-order valence-electron chi connectivity index (χ2n) is 4.52. The quantitative estimate of drug-likeness (QED) is 0.857. The zero-order valence-corrected chi connectivity index (χ0v) is 12.9. The van der Waals surface area contributed by atoms with Gasteiger partial charge in [0.05, 0.1) is 27.9 Å². The molecule has 0 aliphatic carbocycles. The summed E-state index contributed by atoms with van der Waals surface area (Å²) in [4.78, 5) is 3.26. The highest BCUT2D eigenvalue weighted by molar-refractivity contribution is 9.11. The van der Waals surface area contributed by atoms with E-state index in [0.717, 1.165) is 28.4 Å². The minimum Gasteiger partial charge on any atom is -0.419 e. The summed E-state index contributed by atoms with van der Waals surface area (Å²) in [6.45, 7) is 5.34. The minimum atomic E-state index is 0.268. The first-order valence-corrected chi connectivity index (χ1v) is 7.74. The van der Waals surface area contributed by atoms with Crippen LogP contribution < -0.4 is 0 Å². The number of aromatic nitrogens is 2. The smallest absolute Gasteiger partial charge is 0.257 e. The van der Waals surface area contributed by atoms with Gasteiger partial charge in [-0.2, -0.15) is 0 Å². The lowest BCUT2D eigenvalue weighted by atomic mass is 10.3. The average molecular weight is 344 g/mol. The Labute approximate surface area is 123 Å². The SMILES string of the molecule is CC1CN(Cc2nnc(-c3ccc(Br)s3)o2)CCO1. The molecule has 7 heteroatoms. The van der Waals surface area contributed by atoms with Crippen LogP contribution in [0.2, 0.25) is 0 Å². The van der Waals surface area contributed by atoms with Crippen molar-refractivity contribution in [3.8, 4) is 10.8 Å². The predicted octanol–water partition coefficient (Wildman–Crippen LogP) is 2.78. The van der Waals surface area contributed by atoms with Crippen molar-refractivity contribution < 1.29 is 9.15 Å². The fourth-order valence-corrected chi connectivity index (χ4v) is 3.38. The molecule has 2 aromatic rings. The maximum absolute atomic E-state index is 5.71. The van der Waals surface area contributed by atoms with E-state index in [2.05, 4.69) is 38.0 Å². The number of rotatable bonds is 3. The Hall–Kier alpha value is -0.760. The van der Waals surface area contributed by atoms with Gasteiger partial charge in [0.2, 0.25) is 5.89 Å². The molecular formula is C12H14BrN3O2S. The molecule has 2 aromatic heterocycles. The van der Waals surface area contributed by atoms with Gasteiger partial charge in [0.25, 0.3) is 5.89 Å². The summed E-state index contributed by atoms with van der Waals surface area (Å²) >= 11 is 5.02. The maximum atomic E-state index is 5.71. The van der Waals surface area contributed by atoms with Crippen LogP contribution in [0.1, 0.15) is 12.8 Å². The molecule has 1 saturated heterocycles. The lowest BCUT2D eigenvalue weighted by molar-refractivity contribution is -0.0235. The van der Waals surface area contributed by atoms with Crippen molar-refractivity contribution in [2.24, 2.45) is 0 Å². The number of nitrogens with zero attached hydrogens (tertiary/aromatic N) is 3. The van der Waals surface area contributed by atoms with Gasteiger partial charge < -0.3 is 9.15 Å². The van der Waals surface area contributed by atoms with Gasteiger partial charge in [-0.1, -0.05) is 0 Å². The van der Waals surface area contributed by atoms with Gasteiger partial charge in [-0.05, 0) is 35.0 Å². The Balaban J connectivity index is 1.68. The van der Waals surface area contributed by atoms with Crippen LogP contribution in [0, 0.1) is 0 Å². The topological polar surface area (TPSA) is 51.4 Å². The monoisotopic (exact) mass is 343 g/mol. The van der Waals surface area contributed by atoms with Gasteiger partial charge in [-0.3, -0.25) is 4.90 Å². The number of halogens is 1. The molecule has 102 valence electrons. The van der Waals surface area contributed by atoms with E-state index in [-0.39, 0.29) is 6.10 Å². The molecule has 1 unspecified atom stereocenters. The molecule has 5 nitrogen and oxygen atoms in total. The molecule has 0 radical (unpaired) electrons. The van der Waals surface area contributed by atoms with Crippen molar-refractivity contribution in [3.05, 3.63) is 21.8 Å². The molecule has 0 aromatic carbocycles. The molecular weight excluding hydrogens is 330 g/mol. The van der Waals surface area contributed by atoms with Crippen LogP contribution in [0.4, 0.5) is 0 Å². The second kappa shape index (κ2) is 5.70. The van der Waals surface area contributed by atoms with E-state index in [0.29, 0.717) is 18.3 Å². The van der Waals surface area contributed by atoms with Crippen LogP contribution in [-0.2, 0) is 11.3 Å². The van der Waals surface area contributed by atoms with Gasteiger partial charge in [0, 0.05) is 13.1 Å². The third-order valence-corrected chi connectivity index (χ3v) is 4.55. The van der Waals surface area contributed by atoms with E-state index in [1.807, 2.05) is 12.1 Å². The van der Waals surface area contributed by atoms with Gasteiger partial charge in [0.15, 0.2) is 0 Å². The molecule has 1 aliphatic heterocycles. The first-order valence-electron chi connectivity index (χ1n) is 6.13. The summed E-state index contributed by atoms with van der Waals surface area (Å²) in [5.41, 5.74) is 0. The number of thiophene rings is 1. The number of hydrogen-bond acceptors (Lipinski definition) is 6. The van der Waals surface area contributed by atoms with E-state index in [1.54, 1.807) is 11.3 Å².